The van der Waals surface area contributed by atoms with Gasteiger partial charge in [-0.3, -0.25) is 4.79 Å². The first kappa shape index (κ1) is 17.0. The monoisotopic (exact) mass is 301 g/mol. The van der Waals surface area contributed by atoms with E-state index >= 15 is 0 Å². The van der Waals surface area contributed by atoms with Gasteiger partial charge in [-0.1, -0.05) is 6.58 Å². The van der Waals surface area contributed by atoms with Crippen molar-refractivity contribution in [3.05, 3.63) is 12.7 Å². The number of rotatable bonds is 8. The van der Waals surface area contributed by atoms with Crippen molar-refractivity contribution in [1.29, 1.82) is 0 Å². The van der Waals surface area contributed by atoms with E-state index in [-0.39, 0.29) is 25.9 Å². The average Bonchev–Trinajstić information content (AvgIpc) is 3.25. The van der Waals surface area contributed by atoms with Crippen LogP contribution >= 0.6 is 0 Å². The van der Waals surface area contributed by atoms with Gasteiger partial charge < -0.3 is 24.3 Å². The Morgan fingerprint density at radius 1 is 1.33 bits per heavy atom. The maximum atomic E-state index is 11.7. The van der Waals surface area contributed by atoms with Crippen LogP contribution in [0.5, 0.6) is 0 Å². The number of esters is 2. The Bertz CT molecular complexity index is 419. The number of nitrogens with one attached hydrogen (secondary N) is 1. The normalized spacial score (nSPS) is 18.9. The van der Waals surface area contributed by atoms with Crippen molar-refractivity contribution in [2.24, 2.45) is 0 Å². The van der Waals surface area contributed by atoms with Crippen LogP contribution in [0.1, 0.15) is 13.8 Å². The minimum atomic E-state index is -1.11. The molecule has 1 N–H and O–H groups in total. The van der Waals surface area contributed by atoms with E-state index in [1.807, 2.05) is 0 Å². The zero-order valence-corrected chi connectivity index (χ0v) is 12.0. The minimum Gasteiger partial charge on any atom is -0.463 e. The zero-order chi connectivity index (χ0) is 15.9. The molecular weight excluding hydrogens is 282 g/mol. The summed E-state index contributed by atoms with van der Waals surface area (Å²) in [4.78, 5) is 33.6. The highest BCUT2D eigenvalue weighted by molar-refractivity contribution is 5.81. The molecule has 0 radical (unpaired) electrons. The summed E-state index contributed by atoms with van der Waals surface area (Å²) in [6.07, 6.45) is 0.221. The number of ether oxygens (including phenoxy) is 4. The van der Waals surface area contributed by atoms with Crippen LogP contribution in [0, 0.1) is 0 Å². The Balaban J connectivity index is 2.50. The van der Waals surface area contributed by atoms with Crippen LogP contribution in [0.3, 0.4) is 0 Å². The minimum absolute atomic E-state index is 0.0610. The lowest BCUT2D eigenvalue weighted by Crippen LogP contribution is -2.53. The number of hydrogen-bond acceptors (Lipinski definition) is 7. The Kier molecular flexibility index (Phi) is 6.16. The van der Waals surface area contributed by atoms with Crippen molar-refractivity contribution in [3.8, 4) is 0 Å². The van der Waals surface area contributed by atoms with Gasteiger partial charge in [-0.15, -0.1) is 0 Å². The molecule has 1 rings (SSSR count). The van der Waals surface area contributed by atoms with Gasteiger partial charge in [0.15, 0.2) is 0 Å². The van der Waals surface area contributed by atoms with Crippen LogP contribution in [0.25, 0.3) is 0 Å². The van der Waals surface area contributed by atoms with Gasteiger partial charge in [-0.25, -0.2) is 9.59 Å². The van der Waals surface area contributed by atoms with Crippen molar-refractivity contribution in [1.82, 2.24) is 5.32 Å². The molecular formula is C13H19NO7. The fourth-order valence-corrected chi connectivity index (χ4v) is 1.28. The van der Waals surface area contributed by atoms with E-state index in [0.717, 1.165) is 6.08 Å². The van der Waals surface area contributed by atoms with Gasteiger partial charge in [0.2, 0.25) is 0 Å². The molecule has 1 aliphatic rings. The van der Waals surface area contributed by atoms with Gasteiger partial charge in [0.05, 0.1) is 6.61 Å². The highest BCUT2D eigenvalue weighted by atomic mass is 16.6. The maximum absolute atomic E-state index is 11.7. The summed E-state index contributed by atoms with van der Waals surface area (Å²) in [7, 11) is 0. The fourth-order valence-electron chi connectivity index (χ4n) is 1.28. The van der Waals surface area contributed by atoms with Crippen molar-refractivity contribution in [2.45, 2.75) is 25.5 Å². The van der Waals surface area contributed by atoms with Crippen LogP contribution in [0.2, 0.25) is 0 Å². The molecule has 0 aromatic rings. The fraction of sp³-hybridized carbons (Fsp3) is 0.615. The molecule has 8 nitrogen and oxygen atoms in total. The van der Waals surface area contributed by atoms with Crippen molar-refractivity contribution >= 4 is 18.0 Å². The second-order valence-corrected chi connectivity index (χ2v) is 4.83. The predicted octanol–water partition coefficient (Wildman–Crippen LogP) is 0.162. The summed E-state index contributed by atoms with van der Waals surface area (Å²) in [5, 5.41) is 2.51. The van der Waals surface area contributed by atoms with E-state index in [4.69, 9.17) is 18.9 Å². The highest BCUT2D eigenvalue weighted by Gasteiger charge is 2.32. The number of carbonyl (C=O) groups is 3. The third-order valence-corrected chi connectivity index (χ3v) is 2.50. The third-order valence-electron chi connectivity index (χ3n) is 2.50. The van der Waals surface area contributed by atoms with Gasteiger partial charge in [0.25, 0.3) is 0 Å². The molecule has 0 saturated carbocycles. The first-order valence-electron chi connectivity index (χ1n) is 6.34. The number of amides is 1. The SMILES string of the molecule is C=CC(=O)OCC(C)(COC(C)=O)NC(=O)OCC1CO1. The van der Waals surface area contributed by atoms with Crippen molar-refractivity contribution in [3.63, 3.8) is 0 Å². The van der Waals surface area contributed by atoms with Crippen LogP contribution in [0.15, 0.2) is 12.7 Å². The van der Waals surface area contributed by atoms with Crippen LogP contribution < -0.4 is 5.32 Å². The maximum Gasteiger partial charge on any atom is 0.407 e. The first-order chi connectivity index (χ1) is 9.84. The molecule has 1 heterocycles. The Morgan fingerprint density at radius 3 is 2.48 bits per heavy atom. The molecule has 1 fully saturated rings. The molecule has 118 valence electrons. The van der Waals surface area contributed by atoms with Crippen molar-refractivity contribution in [2.75, 3.05) is 26.4 Å². The molecule has 0 aromatic heterocycles. The zero-order valence-electron chi connectivity index (χ0n) is 12.0. The van der Waals surface area contributed by atoms with E-state index in [9.17, 15) is 14.4 Å². The van der Waals surface area contributed by atoms with Gasteiger partial charge in [0, 0.05) is 13.0 Å². The molecule has 2 unspecified atom stereocenters. The Hall–Kier alpha value is -2.09. The summed E-state index contributed by atoms with van der Waals surface area (Å²) in [5.41, 5.74) is -1.11. The van der Waals surface area contributed by atoms with Crippen LogP contribution in [-0.2, 0) is 28.5 Å². The molecule has 2 atom stereocenters. The second-order valence-electron chi connectivity index (χ2n) is 4.83. The third kappa shape index (κ3) is 7.31. The molecule has 1 saturated heterocycles. The van der Waals surface area contributed by atoms with E-state index in [1.54, 1.807) is 6.92 Å². The largest absolute Gasteiger partial charge is 0.463 e. The summed E-state index contributed by atoms with van der Waals surface area (Å²) < 4.78 is 19.6. The molecule has 0 bridgehead atoms. The average molecular weight is 301 g/mol. The number of alkyl carbamates (subject to hydrolysis) is 1. The van der Waals surface area contributed by atoms with Crippen LogP contribution in [-0.4, -0.2) is 56.1 Å². The molecule has 0 aromatic carbocycles. The predicted molar refractivity (Wildman–Crippen MR) is 70.4 cm³/mol. The number of epoxide rings is 1. The molecule has 21 heavy (non-hydrogen) atoms. The summed E-state index contributed by atoms with van der Waals surface area (Å²) >= 11 is 0. The lowest BCUT2D eigenvalue weighted by Gasteiger charge is -2.28. The molecule has 1 aliphatic heterocycles. The van der Waals surface area contributed by atoms with Gasteiger partial charge >= 0.3 is 18.0 Å². The van der Waals surface area contributed by atoms with Gasteiger partial charge in [0.1, 0.15) is 31.5 Å². The highest BCUT2D eigenvalue weighted by Crippen LogP contribution is 2.10. The molecule has 0 spiro atoms. The van der Waals surface area contributed by atoms with E-state index < -0.39 is 23.6 Å². The number of hydrogen-bond donors (Lipinski definition) is 1. The number of carbonyl (C=O) groups excluding carboxylic acids is 3. The van der Waals surface area contributed by atoms with E-state index in [0.29, 0.717) is 6.61 Å². The first-order valence-corrected chi connectivity index (χ1v) is 6.34. The van der Waals surface area contributed by atoms with Gasteiger partial charge in [-0.2, -0.15) is 0 Å². The summed E-state index contributed by atoms with van der Waals surface area (Å²) in [6.45, 7) is 6.40. The van der Waals surface area contributed by atoms with Gasteiger partial charge in [-0.05, 0) is 6.92 Å². The topological polar surface area (TPSA) is 103 Å². The molecule has 0 aliphatic carbocycles. The smallest absolute Gasteiger partial charge is 0.407 e. The lowest BCUT2D eigenvalue weighted by atomic mass is 10.1. The Morgan fingerprint density at radius 2 is 1.95 bits per heavy atom. The summed E-state index contributed by atoms with van der Waals surface area (Å²) in [6, 6.07) is 0. The Labute approximate surface area is 122 Å². The molecule has 8 heteroatoms. The lowest BCUT2D eigenvalue weighted by molar-refractivity contribution is -0.146. The standard InChI is InChI=1S/C13H19NO7/c1-4-11(16)21-8-13(3,7-20-9(2)15)14-12(17)19-6-10-5-18-10/h4,10H,1,5-8H2,2-3H3,(H,14,17). The van der Waals surface area contributed by atoms with Crippen LogP contribution in [0.4, 0.5) is 4.79 Å². The van der Waals surface area contributed by atoms with E-state index in [2.05, 4.69) is 11.9 Å². The quantitative estimate of drug-likeness (QED) is 0.295. The molecule has 1 amide bonds. The summed E-state index contributed by atoms with van der Waals surface area (Å²) in [5.74, 6) is -1.16. The van der Waals surface area contributed by atoms with E-state index in [1.165, 1.54) is 6.92 Å². The second kappa shape index (κ2) is 7.63. The van der Waals surface area contributed by atoms with Crippen molar-refractivity contribution < 1.29 is 33.3 Å².